The summed E-state index contributed by atoms with van der Waals surface area (Å²) in [7, 11) is 1.63. The molecule has 1 fully saturated rings. The van der Waals surface area contributed by atoms with Crippen LogP contribution >= 0.6 is 0 Å². The Kier molecular flexibility index (Phi) is 8.94. The monoisotopic (exact) mass is 230 g/mol. The third-order valence-corrected chi connectivity index (χ3v) is 2.51. The molecule has 1 aliphatic rings. The van der Waals surface area contributed by atoms with Crippen LogP contribution in [0.5, 0.6) is 0 Å². The Hall–Kier alpha value is -0.810. The van der Waals surface area contributed by atoms with Crippen LogP contribution < -0.4 is 16.4 Å². The van der Waals surface area contributed by atoms with E-state index in [1.54, 1.807) is 7.05 Å². The molecule has 1 rings (SSSR count). The van der Waals surface area contributed by atoms with Crippen molar-refractivity contribution in [1.82, 2.24) is 15.5 Å². The Morgan fingerprint density at radius 2 is 2.19 bits per heavy atom. The van der Waals surface area contributed by atoms with Crippen LogP contribution in [0, 0.1) is 0 Å². The van der Waals surface area contributed by atoms with E-state index in [1.807, 2.05) is 13.8 Å². The van der Waals surface area contributed by atoms with E-state index >= 15 is 0 Å². The number of carbonyl (C=O) groups excluding carboxylic acids is 1. The standard InChI is InChI=1S/C9H20N4O.C2H6/c1-11-9(14)12-8-3-2-5-13(7-8)6-4-10;1-2/h8H,2-7,10H2,1H3,(H2,11,12,14);1-2H3. The van der Waals surface area contributed by atoms with Gasteiger partial charge in [-0.2, -0.15) is 0 Å². The van der Waals surface area contributed by atoms with Crippen molar-refractivity contribution in [1.29, 1.82) is 0 Å². The maximum absolute atomic E-state index is 11.1. The lowest BCUT2D eigenvalue weighted by Gasteiger charge is -2.32. The number of urea groups is 1. The van der Waals surface area contributed by atoms with Gasteiger partial charge in [0.2, 0.25) is 0 Å². The highest BCUT2D eigenvalue weighted by Gasteiger charge is 2.19. The third kappa shape index (κ3) is 5.92. The minimum absolute atomic E-state index is 0.0930. The second kappa shape index (κ2) is 9.42. The largest absolute Gasteiger partial charge is 0.341 e. The van der Waals surface area contributed by atoms with Crippen molar-refractivity contribution in [3.8, 4) is 0 Å². The molecule has 1 aliphatic heterocycles. The average molecular weight is 230 g/mol. The molecule has 5 nitrogen and oxygen atoms in total. The van der Waals surface area contributed by atoms with Crippen LogP contribution in [-0.4, -0.2) is 50.2 Å². The van der Waals surface area contributed by atoms with Gasteiger partial charge in [-0.25, -0.2) is 4.79 Å². The molecule has 16 heavy (non-hydrogen) atoms. The molecular weight excluding hydrogens is 204 g/mol. The Labute approximate surface area is 98.7 Å². The van der Waals surface area contributed by atoms with E-state index in [9.17, 15) is 4.79 Å². The molecule has 1 unspecified atom stereocenters. The van der Waals surface area contributed by atoms with E-state index in [0.717, 1.165) is 32.5 Å². The molecule has 1 heterocycles. The zero-order valence-corrected chi connectivity index (χ0v) is 10.8. The summed E-state index contributed by atoms with van der Waals surface area (Å²) in [5.41, 5.74) is 5.49. The van der Waals surface area contributed by atoms with Crippen LogP contribution in [0.15, 0.2) is 0 Å². The highest BCUT2D eigenvalue weighted by molar-refractivity contribution is 5.73. The summed E-state index contributed by atoms with van der Waals surface area (Å²) in [6.07, 6.45) is 2.20. The SMILES string of the molecule is CC.CNC(=O)NC1CCCN(CCN)C1. The molecule has 1 atom stereocenters. The van der Waals surface area contributed by atoms with Crippen molar-refractivity contribution >= 4 is 6.03 Å². The number of hydrogen-bond donors (Lipinski definition) is 3. The van der Waals surface area contributed by atoms with Gasteiger partial charge in [-0.1, -0.05) is 13.8 Å². The normalized spacial score (nSPS) is 20.6. The quantitative estimate of drug-likeness (QED) is 0.656. The van der Waals surface area contributed by atoms with E-state index in [4.69, 9.17) is 5.73 Å². The van der Waals surface area contributed by atoms with Crippen molar-refractivity contribution in [2.45, 2.75) is 32.7 Å². The molecule has 96 valence electrons. The number of nitrogens with two attached hydrogens (primary N) is 1. The number of hydrogen-bond acceptors (Lipinski definition) is 3. The van der Waals surface area contributed by atoms with E-state index in [0.29, 0.717) is 6.54 Å². The number of rotatable bonds is 3. The zero-order valence-electron chi connectivity index (χ0n) is 10.8. The van der Waals surface area contributed by atoms with Gasteiger partial charge in [0, 0.05) is 32.7 Å². The van der Waals surface area contributed by atoms with Crippen molar-refractivity contribution in [3.63, 3.8) is 0 Å². The van der Waals surface area contributed by atoms with Gasteiger partial charge >= 0.3 is 6.03 Å². The van der Waals surface area contributed by atoms with Gasteiger partial charge in [-0.05, 0) is 19.4 Å². The van der Waals surface area contributed by atoms with Crippen molar-refractivity contribution in [3.05, 3.63) is 0 Å². The number of amides is 2. The minimum Gasteiger partial charge on any atom is -0.341 e. The molecule has 0 radical (unpaired) electrons. The number of nitrogens with one attached hydrogen (secondary N) is 2. The summed E-state index contributed by atoms with van der Waals surface area (Å²) >= 11 is 0. The van der Waals surface area contributed by atoms with Crippen LogP contribution in [0.2, 0.25) is 0 Å². The van der Waals surface area contributed by atoms with E-state index in [1.165, 1.54) is 0 Å². The van der Waals surface area contributed by atoms with E-state index in [-0.39, 0.29) is 12.1 Å². The van der Waals surface area contributed by atoms with Crippen LogP contribution in [-0.2, 0) is 0 Å². The second-order valence-corrected chi connectivity index (χ2v) is 3.65. The first kappa shape index (κ1) is 15.2. The molecule has 0 aromatic heterocycles. The fourth-order valence-electron chi connectivity index (χ4n) is 1.82. The van der Waals surface area contributed by atoms with Gasteiger partial charge in [0.05, 0.1) is 0 Å². The van der Waals surface area contributed by atoms with Crippen molar-refractivity contribution in [2.75, 3.05) is 33.2 Å². The smallest absolute Gasteiger partial charge is 0.314 e. The molecule has 0 bridgehead atoms. The van der Waals surface area contributed by atoms with Crippen molar-refractivity contribution < 1.29 is 4.79 Å². The predicted molar refractivity (Wildman–Crippen MR) is 67.5 cm³/mol. The molecule has 4 N–H and O–H groups in total. The maximum atomic E-state index is 11.1. The van der Waals surface area contributed by atoms with Crippen LogP contribution in [0.3, 0.4) is 0 Å². The first-order valence-electron chi connectivity index (χ1n) is 6.17. The van der Waals surface area contributed by atoms with Crippen molar-refractivity contribution in [2.24, 2.45) is 5.73 Å². The average Bonchev–Trinajstić information content (AvgIpc) is 2.32. The fourth-order valence-corrected chi connectivity index (χ4v) is 1.82. The van der Waals surface area contributed by atoms with Crippen LogP contribution in [0.1, 0.15) is 26.7 Å². The van der Waals surface area contributed by atoms with Gasteiger partial charge in [0.25, 0.3) is 0 Å². The molecule has 0 aromatic rings. The highest BCUT2D eigenvalue weighted by atomic mass is 16.2. The summed E-state index contributed by atoms with van der Waals surface area (Å²) in [6.45, 7) is 7.63. The summed E-state index contributed by atoms with van der Waals surface area (Å²) in [5.74, 6) is 0. The molecule has 0 aromatic carbocycles. The number of nitrogens with zero attached hydrogens (tertiary/aromatic N) is 1. The summed E-state index contributed by atoms with van der Waals surface area (Å²) in [4.78, 5) is 13.4. The molecule has 0 saturated carbocycles. The van der Waals surface area contributed by atoms with E-state index in [2.05, 4.69) is 15.5 Å². The topological polar surface area (TPSA) is 70.4 Å². The van der Waals surface area contributed by atoms with Gasteiger partial charge in [0.1, 0.15) is 0 Å². The lowest BCUT2D eigenvalue weighted by Crippen LogP contribution is -2.50. The summed E-state index contributed by atoms with van der Waals surface area (Å²) in [5, 5.41) is 5.49. The zero-order chi connectivity index (χ0) is 12.4. The lowest BCUT2D eigenvalue weighted by atomic mass is 10.1. The molecule has 0 aliphatic carbocycles. The highest BCUT2D eigenvalue weighted by Crippen LogP contribution is 2.08. The number of carbonyl (C=O) groups is 1. The Morgan fingerprint density at radius 3 is 2.75 bits per heavy atom. The minimum atomic E-state index is -0.0930. The van der Waals surface area contributed by atoms with Gasteiger partial charge in [-0.3, -0.25) is 0 Å². The Morgan fingerprint density at radius 1 is 1.50 bits per heavy atom. The third-order valence-electron chi connectivity index (χ3n) is 2.51. The molecule has 2 amide bonds. The van der Waals surface area contributed by atoms with Crippen LogP contribution in [0.4, 0.5) is 4.79 Å². The van der Waals surface area contributed by atoms with Gasteiger partial charge in [0.15, 0.2) is 0 Å². The maximum Gasteiger partial charge on any atom is 0.314 e. The first-order chi connectivity index (χ1) is 7.76. The van der Waals surface area contributed by atoms with E-state index < -0.39 is 0 Å². The van der Waals surface area contributed by atoms with Crippen LogP contribution in [0.25, 0.3) is 0 Å². The number of piperidine rings is 1. The molecule has 5 heteroatoms. The lowest BCUT2D eigenvalue weighted by molar-refractivity contribution is 0.190. The fraction of sp³-hybridized carbons (Fsp3) is 0.909. The Balaban J connectivity index is 0.00000106. The van der Waals surface area contributed by atoms with Gasteiger partial charge in [-0.15, -0.1) is 0 Å². The number of likely N-dealkylation sites (tertiary alicyclic amines) is 1. The summed E-state index contributed by atoms with van der Waals surface area (Å²) in [6, 6.07) is 0.180. The summed E-state index contributed by atoms with van der Waals surface area (Å²) < 4.78 is 0. The predicted octanol–water partition coefficient (Wildman–Crippen LogP) is 0.365. The molecular formula is C11H26N4O. The molecule has 0 spiro atoms. The second-order valence-electron chi connectivity index (χ2n) is 3.65. The first-order valence-corrected chi connectivity index (χ1v) is 6.17. The Bertz CT molecular complexity index is 185. The molecule has 1 saturated heterocycles. The van der Waals surface area contributed by atoms with Gasteiger partial charge < -0.3 is 21.3 Å².